The number of piperidine rings is 1. The fraction of sp³-hybridized carbons (Fsp3) is 0.385. The summed E-state index contributed by atoms with van der Waals surface area (Å²) in [7, 11) is 1.65. The predicted molar refractivity (Wildman–Crippen MR) is 135 cm³/mol. The number of ether oxygens (including phenoxy) is 1. The number of nitrogens with zero attached hydrogens (tertiary/aromatic N) is 2. The van der Waals surface area contributed by atoms with Crippen LogP contribution in [0.4, 0.5) is 5.69 Å². The number of nitrogens with one attached hydrogen (secondary N) is 2. The molecule has 1 saturated heterocycles. The predicted octanol–water partition coefficient (Wildman–Crippen LogP) is 3.58. The topological polar surface area (TPSA) is 86.7 Å². The quantitative estimate of drug-likeness (QED) is 0.479. The van der Waals surface area contributed by atoms with Crippen LogP contribution in [0.25, 0.3) is 10.9 Å². The number of anilines is 1. The van der Waals surface area contributed by atoms with E-state index in [1.165, 1.54) is 5.56 Å². The molecule has 34 heavy (non-hydrogen) atoms. The molecule has 0 bridgehead atoms. The molecule has 1 amide bonds. The van der Waals surface area contributed by atoms with Gasteiger partial charge < -0.3 is 25.4 Å². The lowest BCUT2D eigenvalue weighted by Crippen LogP contribution is -2.43. The van der Waals surface area contributed by atoms with Crippen LogP contribution in [0.1, 0.15) is 30.1 Å². The van der Waals surface area contributed by atoms with Gasteiger partial charge in [-0.25, -0.2) is 0 Å². The number of rotatable bonds is 7. The van der Waals surface area contributed by atoms with E-state index in [2.05, 4.69) is 38.7 Å². The van der Waals surface area contributed by atoms with Crippen LogP contribution in [0.3, 0.4) is 0 Å². The standard InChI is InChI=1S/C26H30N4O3S/c1-33-19-3-4-22-21(13-19)20(6-9-27-22)24(31)15-30-10-7-18(8-11-30)28-14-17-2-5-25-23(12-17)29-26(32)16-34-25/h2-6,9,12-13,18,24,28,31H,7-8,10-11,14-16H2,1H3,(H,29,32)/t24-/m0/s1. The van der Waals surface area contributed by atoms with Gasteiger partial charge in [-0.05, 0) is 73.5 Å². The van der Waals surface area contributed by atoms with Gasteiger partial charge in [0.05, 0.1) is 30.2 Å². The Bertz CT molecular complexity index is 1180. The van der Waals surface area contributed by atoms with Crippen molar-refractivity contribution < 1.29 is 14.6 Å². The van der Waals surface area contributed by atoms with Gasteiger partial charge in [-0.3, -0.25) is 9.78 Å². The Hall–Kier alpha value is -2.65. The van der Waals surface area contributed by atoms with E-state index >= 15 is 0 Å². The lowest BCUT2D eigenvalue weighted by Gasteiger charge is -2.34. The number of β-amino-alcohol motifs (C(OH)–C–C–N with tert-alkyl or cyclic N) is 1. The summed E-state index contributed by atoms with van der Waals surface area (Å²) >= 11 is 1.59. The molecule has 0 aliphatic carbocycles. The maximum Gasteiger partial charge on any atom is 0.234 e. The van der Waals surface area contributed by atoms with Crippen molar-refractivity contribution in [2.24, 2.45) is 0 Å². The third-order valence-corrected chi connectivity index (χ3v) is 7.71. The van der Waals surface area contributed by atoms with Crippen LogP contribution in [0, 0.1) is 0 Å². The summed E-state index contributed by atoms with van der Waals surface area (Å²) in [5.74, 6) is 1.32. The Labute approximate surface area is 203 Å². The van der Waals surface area contributed by atoms with Crippen molar-refractivity contribution >= 4 is 34.3 Å². The number of carbonyl (C=O) groups is 1. The van der Waals surface area contributed by atoms with E-state index in [4.69, 9.17) is 4.74 Å². The third kappa shape index (κ3) is 5.20. The minimum atomic E-state index is -0.578. The first-order valence-corrected chi connectivity index (χ1v) is 12.7. The zero-order valence-electron chi connectivity index (χ0n) is 19.3. The van der Waals surface area contributed by atoms with Crippen molar-refractivity contribution in [1.82, 2.24) is 15.2 Å². The Morgan fingerprint density at radius 3 is 2.91 bits per heavy atom. The summed E-state index contributed by atoms with van der Waals surface area (Å²) in [5, 5.41) is 18.6. The monoisotopic (exact) mass is 478 g/mol. The molecule has 8 heteroatoms. The van der Waals surface area contributed by atoms with Gasteiger partial charge in [-0.15, -0.1) is 11.8 Å². The zero-order chi connectivity index (χ0) is 23.5. The highest BCUT2D eigenvalue weighted by molar-refractivity contribution is 8.00. The van der Waals surface area contributed by atoms with Crippen LogP contribution < -0.4 is 15.4 Å². The van der Waals surface area contributed by atoms with Crippen molar-refractivity contribution in [3.63, 3.8) is 0 Å². The van der Waals surface area contributed by atoms with Crippen LogP contribution in [-0.2, 0) is 11.3 Å². The molecule has 3 heterocycles. The van der Waals surface area contributed by atoms with Gasteiger partial charge in [0.25, 0.3) is 0 Å². The Morgan fingerprint density at radius 2 is 2.09 bits per heavy atom. The molecular weight excluding hydrogens is 448 g/mol. The first kappa shape index (κ1) is 23.1. The molecule has 3 N–H and O–H groups in total. The van der Waals surface area contributed by atoms with Gasteiger partial charge in [0.1, 0.15) is 5.75 Å². The molecule has 1 atom stereocenters. The largest absolute Gasteiger partial charge is 0.497 e. The van der Waals surface area contributed by atoms with Crippen molar-refractivity contribution in [1.29, 1.82) is 0 Å². The molecule has 0 saturated carbocycles. The van der Waals surface area contributed by atoms with Crippen molar-refractivity contribution in [3.8, 4) is 5.75 Å². The summed E-state index contributed by atoms with van der Waals surface area (Å²) in [4.78, 5) is 19.5. The minimum absolute atomic E-state index is 0.0658. The highest BCUT2D eigenvalue weighted by Gasteiger charge is 2.23. The number of aromatic nitrogens is 1. The Balaban J connectivity index is 1.14. The average Bonchev–Trinajstić information content (AvgIpc) is 2.87. The van der Waals surface area contributed by atoms with Crippen LogP contribution in [-0.4, -0.2) is 59.4 Å². The minimum Gasteiger partial charge on any atom is -0.497 e. The molecule has 3 aromatic rings. The number of amides is 1. The van der Waals surface area contributed by atoms with Crippen LogP contribution in [0.15, 0.2) is 53.6 Å². The molecule has 1 aromatic heterocycles. The average molecular weight is 479 g/mol. The second-order valence-electron chi connectivity index (χ2n) is 8.92. The fourth-order valence-corrected chi connectivity index (χ4v) is 5.52. The number of pyridine rings is 1. The van der Waals surface area contributed by atoms with E-state index < -0.39 is 6.10 Å². The van der Waals surface area contributed by atoms with Crippen molar-refractivity contribution in [2.45, 2.75) is 36.4 Å². The van der Waals surface area contributed by atoms with E-state index in [0.29, 0.717) is 18.3 Å². The lowest BCUT2D eigenvalue weighted by atomic mass is 10.0. The van der Waals surface area contributed by atoms with E-state index in [-0.39, 0.29) is 5.91 Å². The van der Waals surface area contributed by atoms with Gasteiger partial charge in [0.15, 0.2) is 0 Å². The Kier molecular flexibility index (Phi) is 7.01. The number of methoxy groups -OCH3 is 1. The van der Waals surface area contributed by atoms with E-state index in [0.717, 1.165) is 65.3 Å². The SMILES string of the molecule is COc1ccc2nccc([C@@H](O)CN3CCC(NCc4ccc5c(c4)NC(=O)CS5)CC3)c2c1. The summed E-state index contributed by atoms with van der Waals surface area (Å²) in [5.41, 5.74) is 3.85. The second kappa shape index (κ2) is 10.3. The molecule has 7 nitrogen and oxygen atoms in total. The molecule has 0 spiro atoms. The summed E-state index contributed by atoms with van der Waals surface area (Å²) in [6, 6.07) is 14.4. The van der Waals surface area contributed by atoms with Gasteiger partial charge >= 0.3 is 0 Å². The fourth-order valence-electron chi connectivity index (χ4n) is 4.73. The number of aliphatic hydroxyl groups excluding tert-OH is 1. The highest BCUT2D eigenvalue weighted by Crippen LogP contribution is 2.32. The molecule has 0 radical (unpaired) electrons. The lowest BCUT2D eigenvalue weighted by molar-refractivity contribution is -0.113. The van der Waals surface area contributed by atoms with Crippen LogP contribution in [0.2, 0.25) is 0 Å². The number of thioether (sulfide) groups is 1. The molecule has 1 fully saturated rings. The van der Waals surface area contributed by atoms with Crippen molar-refractivity contribution in [2.75, 3.05) is 37.8 Å². The number of hydrogen-bond donors (Lipinski definition) is 3. The van der Waals surface area contributed by atoms with Gasteiger partial charge in [-0.1, -0.05) is 6.07 Å². The van der Waals surface area contributed by atoms with Crippen LogP contribution >= 0.6 is 11.8 Å². The van der Waals surface area contributed by atoms with Gasteiger partial charge in [-0.2, -0.15) is 0 Å². The van der Waals surface area contributed by atoms with Gasteiger partial charge in [0, 0.05) is 35.6 Å². The number of benzene rings is 2. The first-order valence-electron chi connectivity index (χ1n) is 11.7. The third-order valence-electron chi connectivity index (χ3n) is 6.63. The summed E-state index contributed by atoms with van der Waals surface area (Å²) < 4.78 is 5.36. The maximum absolute atomic E-state index is 11.7. The molecule has 178 valence electrons. The number of hydrogen-bond acceptors (Lipinski definition) is 7. The van der Waals surface area contributed by atoms with E-state index in [1.807, 2.05) is 24.3 Å². The van der Waals surface area contributed by atoms with Crippen LogP contribution in [0.5, 0.6) is 5.75 Å². The summed E-state index contributed by atoms with van der Waals surface area (Å²) in [6.07, 6.45) is 3.25. The smallest absolute Gasteiger partial charge is 0.234 e. The molecular formula is C26H30N4O3S. The molecule has 2 aliphatic heterocycles. The summed E-state index contributed by atoms with van der Waals surface area (Å²) in [6.45, 7) is 3.27. The maximum atomic E-state index is 11.7. The highest BCUT2D eigenvalue weighted by atomic mass is 32.2. The number of fused-ring (bicyclic) bond motifs is 2. The number of likely N-dealkylation sites (tertiary alicyclic amines) is 1. The second-order valence-corrected chi connectivity index (χ2v) is 9.94. The molecule has 5 rings (SSSR count). The first-order chi connectivity index (χ1) is 16.6. The molecule has 2 aromatic carbocycles. The molecule has 2 aliphatic rings. The van der Waals surface area contributed by atoms with E-state index in [1.54, 1.807) is 25.1 Å². The zero-order valence-corrected chi connectivity index (χ0v) is 20.1. The van der Waals surface area contributed by atoms with E-state index in [9.17, 15) is 9.90 Å². The van der Waals surface area contributed by atoms with Gasteiger partial charge in [0.2, 0.25) is 5.91 Å². The number of carbonyl (C=O) groups excluding carboxylic acids is 1. The number of aliphatic hydroxyl groups is 1. The van der Waals surface area contributed by atoms with Crippen molar-refractivity contribution in [3.05, 3.63) is 59.8 Å². The molecule has 0 unspecified atom stereocenters. The Morgan fingerprint density at radius 1 is 1.24 bits per heavy atom. The normalized spacial score (nSPS) is 17.9.